The SMILES string of the molecule is C[Si]1(C)C2(C[Si](c3ccccc3)(c3ccccc3)CC13SCCCS3)SCCCS2. The average Bonchev–Trinajstić information content (AvgIpc) is 2.80. The lowest BCUT2D eigenvalue weighted by atomic mass is 10.4. The molecule has 0 aromatic heterocycles. The zero-order chi connectivity index (χ0) is 20.7. The minimum absolute atomic E-state index is 0.457. The van der Waals surface area contributed by atoms with E-state index in [9.17, 15) is 0 Å². The number of rotatable bonds is 2. The lowest BCUT2D eigenvalue weighted by Gasteiger charge is -2.64. The van der Waals surface area contributed by atoms with Crippen molar-refractivity contribution < 1.29 is 0 Å². The van der Waals surface area contributed by atoms with Crippen LogP contribution in [0.2, 0.25) is 25.2 Å². The summed E-state index contributed by atoms with van der Waals surface area (Å²) >= 11 is 9.54. The van der Waals surface area contributed by atoms with Crippen molar-refractivity contribution in [2.24, 2.45) is 0 Å². The molecule has 3 saturated heterocycles. The normalized spacial score (nSPS) is 26.5. The molecule has 0 atom stereocenters. The Balaban J connectivity index is 1.74. The molecule has 0 bridgehead atoms. The van der Waals surface area contributed by atoms with Gasteiger partial charge in [-0.2, -0.15) is 0 Å². The van der Waals surface area contributed by atoms with E-state index in [-0.39, 0.29) is 0 Å². The minimum atomic E-state index is -1.89. The van der Waals surface area contributed by atoms with Crippen LogP contribution in [0.1, 0.15) is 12.8 Å². The second-order valence-electron chi connectivity index (χ2n) is 9.40. The second-order valence-corrected chi connectivity index (χ2v) is 25.9. The van der Waals surface area contributed by atoms with Crippen LogP contribution in [0, 0.1) is 0 Å². The zero-order valence-electron chi connectivity index (χ0n) is 18.1. The molecule has 3 aliphatic heterocycles. The maximum absolute atomic E-state index is 2.78. The Morgan fingerprint density at radius 2 is 0.967 bits per heavy atom. The molecule has 0 amide bonds. The largest absolute Gasteiger partial charge is 0.148 e. The fourth-order valence-corrected chi connectivity index (χ4v) is 35.2. The van der Waals surface area contributed by atoms with Crippen molar-refractivity contribution in [3.8, 4) is 0 Å². The predicted molar refractivity (Wildman–Crippen MR) is 150 cm³/mol. The van der Waals surface area contributed by atoms with E-state index < -0.39 is 16.1 Å². The molecule has 0 radical (unpaired) electrons. The molecule has 6 heteroatoms. The van der Waals surface area contributed by atoms with E-state index >= 15 is 0 Å². The molecule has 0 aliphatic carbocycles. The Kier molecular flexibility index (Phi) is 6.30. The van der Waals surface area contributed by atoms with Crippen molar-refractivity contribution in [1.29, 1.82) is 0 Å². The van der Waals surface area contributed by atoms with E-state index in [4.69, 9.17) is 0 Å². The highest BCUT2D eigenvalue weighted by Gasteiger charge is 2.69. The van der Waals surface area contributed by atoms with E-state index in [0.29, 0.717) is 7.40 Å². The van der Waals surface area contributed by atoms with Gasteiger partial charge in [0.15, 0.2) is 0 Å². The fourth-order valence-electron chi connectivity index (χ4n) is 5.75. The van der Waals surface area contributed by atoms with Crippen LogP contribution < -0.4 is 10.4 Å². The maximum Gasteiger partial charge on any atom is 0.121 e. The molecule has 2 aromatic rings. The zero-order valence-corrected chi connectivity index (χ0v) is 23.3. The number of thioether (sulfide) groups is 4. The molecule has 0 saturated carbocycles. The van der Waals surface area contributed by atoms with Gasteiger partial charge < -0.3 is 0 Å². The topological polar surface area (TPSA) is 0 Å². The fraction of sp³-hybridized carbons (Fsp3) is 0.500. The highest BCUT2D eigenvalue weighted by Crippen LogP contribution is 2.67. The van der Waals surface area contributed by atoms with Crippen LogP contribution in [0.25, 0.3) is 0 Å². The molecule has 5 rings (SSSR count). The molecule has 3 heterocycles. The quantitative estimate of drug-likeness (QED) is 0.447. The summed E-state index contributed by atoms with van der Waals surface area (Å²) < 4.78 is 0.914. The molecule has 160 valence electrons. The van der Waals surface area contributed by atoms with Crippen LogP contribution in [0.5, 0.6) is 0 Å². The predicted octanol–water partition coefficient (Wildman–Crippen LogP) is 6.18. The summed E-state index contributed by atoms with van der Waals surface area (Å²) in [5.74, 6) is 5.46. The van der Waals surface area contributed by atoms with Crippen LogP contribution in [0.15, 0.2) is 60.7 Å². The Morgan fingerprint density at radius 3 is 1.33 bits per heavy atom. The van der Waals surface area contributed by atoms with Gasteiger partial charge in [-0.1, -0.05) is 84.1 Å². The summed E-state index contributed by atoms with van der Waals surface area (Å²) in [6.45, 7) is 5.55. The third-order valence-electron chi connectivity index (χ3n) is 7.54. The van der Waals surface area contributed by atoms with E-state index in [1.807, 2.05) is 0 Å². The van der Waals surface area contributed by atoms with Gasteiger partial charge in [0.2, 0.25) is 0 Å². The van der Waals surface area contributed by atoms with Gasteiger partial charge in [-0.05, 0) is 47.9 Å². The van der Waals surface area contributed by atoms with Gasteiger partial charge in [0.1, 0.15) is 16.1 Å². The van der Waals surface area contributed by atoms with Crippen molar-refractivity contribution in [2.45, 2.75) is 45.4 Å². The number of hydrogen-bond acceptors (Lipinski definition) is 4. The van der Waals surface area contributed by atoms with Crippen LogP contribution >= 0.6 is 47.0 Å². The van der Waals surface area contributed by atoms with Crippen molar-refractivity contribution in [2.75, 3.05) is 23.0 Å². The minimum Gasteiger partial charge on any atom is -0.148 e. The molecule has 2 spiro atoms. The molecule has 3 aliphatic rings. The second kappa shape index (κ2) is 8.56. The van der Waals surface area contributed by atoms with Gasteiger partial charge in [0, 0.05) is 0 Å². The third kappa shape index (κ3) is 3.43. The van der Waals surface area contributed by atoms with E-state index in [1.54, 1.807) is 10.4 Å². The molecule has 2 aromatic carbocycles. The molecular weight excluding hydrogens is 473 g/mol. The number of hydrogen-bond donors (Lipinski definition) is 0. The molecule has 30 heavy (non-hydrogen) atoms. The van der Waals surface area contributed by atoms with Crippen LogP contribution in [0.3, 0.4) is 0 Å². The summed E-state index contributed by atoms with van der Waals surface area (Å²) in [4.78, 5) is 0. The first-order valence-electron chi connectivity index (χ1n) is 11.2. The van der Waals surface area contributed by atoms with Crippen LogP contribution in [0.4, 0.5) is 0 Å². The standard InChI is InChI=1S/C24H32S4Si2/c1-29(2)23(25-15-9-16-26-23)19-30(21-11-5-3-6-12-21,22-13-7-4-8-14-22)20-24(29)27-17-10-18-28-24/h3-8,11-14H,9-10,15-20H2,1-2H3. The van der Waals surface area contributed by atoms with Crippen molar-refractivity contribution in [3.05, 3.63) is 60.7 Å². The summed E-state index contributed by atoms with van der Waals surface area (Å²) in [7, 11) is -3.45. The molecule has 3 fully saturated rings. The first-order chi connectivity index (χ1) is 14.5. The first kappa shape index (κ1) is 22.1. The van der Waals surface area contributed by atoms with Crippen molar-refractivity contribution in [3.63, 3.8) is 0 Å². The van der Waals surface area contributed by atoms with Gasteiger partial charge in [-0.3, -0.25) is 0 Å². The lowest BCUT2D eigenvalue weighted by Crippen LogP contribution is -2.78. The Hall–Kier alpha value is 0.274. The lowest BCUT2D eigenvalue weighted by molar-refractivity contribution is 0.952. The summed E-state index contributed by atoms with van der Waals surface area (Å²) in [6.07, 6.45) is 2.78. The van der Waals surface area contributed by atoms with Gasteiger partial charge in [0.05, 0.1) is 7.40 Å². The molecule has 0 N–H and O–H groups in total. The highest BCUT2D eigenvalue weighted by atomic mass is 32.2. The van der Waals surface area contributed by atoms with Crippen molar-refractivity contribution >= 4 is 73.6 Å². The maximum atomic E-state index is 2.78. The third-order valence-corrected chi connectivity index (χ3v) is 32.3. The van der Waals surface area contributed by atoms with Gasteiger partial charge in [-0.25, -0.2) is 0 Å². The summed E-state index contributed by atoms with van der Waals surface area (Å²) in [6, 6.07) is 26.4. The Morgan fingerprint density at radius 1 is 0.600 bits per heavy atom. The van der Waals surface area contributed by atoms with E-state index in [1.165, 1.54) is 47.9 Å². The first-order valence-corrected chi connectivity index (χ1v) is 20.6. The number of benzene rings is 2. The monoisotopic (exact) mass is 504 g/mol. The Bertz CT molecular complexity index is 788. The Labute approximate surface area is 201 Å². The van der Waals surface area contributed by atoms with Crippen LogP contribution in [-0.4, -0.2) is 46.6 Å². The molecular formula is C24H32S4Si2. The van der Waals surface area contributed by atoms with Crippen LogP contribution in [-0.2, 0) is 0 Å². The molecule has 0 unspecified atom stereocenters. The van der Waals surface area contributed by atoms with Gasteiger partial charge in [0.25, 0.3) is 0 Å². The summed E-state index contributed by atoms with van der Waals surface area (Å²) in [5, 5.41) is 3.36. The average molecular weight is 505 g/mol. The van der Waals surface area contributed by atoms with Gasteiger partial charge >= 0.3 is 0 Å². The van der Waals surface area contributed by atoms with E-state index in [2.05, 4.69) is 121 Å². The van der Waals surface area contributed by atoms with E-state index in [0.717, 1.165) is 0 Å². The van der Waals surface area contributed by atoms with Crippen molar-refractivity contribution in [1.82, 2.24) is 0 Å². The highest BCUT2D eigenvalue weighted by molar-refractivity contribution is 8.25. The molecule has 0 nitrogen and oxygen atoms in total. The summed E-state index contributed by atoms with van der Waals surface area (Å²) in [5.41, 5.74) is 0. The van der Waals surface area contributed by atoms with Gasteiger partial charge in [-0.15, -0.1) is 47.0 Å². The smallest absolute Gasteiger partial charge is 0.121 e.